The van der Waals surface area contributed by atoms with E-state index in [0.717, 1.165) is 32.1 Å². The minimum atomic E-state index is 0. The summed E-state index contributed by atoms with van der Waals surface area (Å²) in [4.78, 5) is 4.25. The Morgan fingerprint density at radius 1 is 1.29 bits per heavy atom. The van der Waals surface area contributed by atoms with Gasteiger partial charge in [-0.05, 0) is 31.9 Å². The molecule has 1 fully saturated rings. The fraction of sp³-hybridized carbons (Fsp3) is 0.929. The second-order valence-electron chi connectivity index (χ2n) is 5.21. The average Bonchev–Trinajstić information content (AvgIpc) is 2.88. The molecule has 1 rings (SSSR count). The molecular formula is C14H30IN3O2S. The van der Waals surface area contributed by atoms with E-state index in [9.17, 15) is 0 Å². The van der Waals surface area contributed by atoms with Crippen LogP contribution in [0.2, 0.25) is 0 Å². The first-order valence-corrected chi connectivity index (χ1v) is 8.34. The van der Waals surface area contributed by atoms with Crippen LogP contribution in [0.15, 0.2) is 4.99 Å². The third kappa shape index (κ3) is 9.80. The maximum absolute atomic E-state index is 5.42. The summed E-state index contributed by atoms with van der Waals surface area (Å²) in [5, 5.41) is 6.74. The monoisotopic (exact) mass is 431 g/mol. The van der Waals surface area contributed by atoms with Gasteiger partial charge in [0.25, 0.3) is 0 Å². The number of nitrogens with one attached hydrogen (secondary N) is 2. The van der Waals surface area contributed by atoms with Crippen molar-refractivity contribution in [2.45, 2.75) is 30.9 Å². The molecule has 21 heavy (non-hydrogen) atoms. The predicted octanol–water partition coefficient (Wildman–Crippen LogP) is 2.11. The van der Waals surface area contributed by atoms with Crippen molar-refractivity contribution in [1.82, 2.24) is 10.6 Å². The first kappa shape index (κ1) is 21.3. The summed E-state index contributed by atoms with van der Waals surface area (Å²) in [6, 6.07) is 0. The highest BCUT2D eigenvalue weighted by Crippen LogP contribution is 2.36. The first-order chi connectivity index (χ1) is 9.70. The molecule has 1 atom stereocenters. The minimum Gasteiger partial charge on any atom is -0.382 e. The predicted molar refractivity (Wildman–Crippen MR) is 102 cm³/mol. The maximum atomic E-state index is 5.42. The number of hydrogen-bond donors (Lipinski definition) is 2. The Bertz CT molecular complexity index is 287. The number of halogens is 1. The van der Waals surface area contributed by atoms with E-state index in [0.29, 0.717) is 18.0 Å². The Morgan fingerprint density at radius 2 is 2.10 bits per heavy atom. The Hall–Kier alpha value is 0.270. The van der Waals surface area contributed by atoms with Crippen molar-refractivity contribution in [1.29, 1.82) is 0 Å². The lowest BCUT2D eigenvalue weighted by molar-refractivity contribution is 0.0698. The molecule has 0 aromatic heterocycles. The molecule has 0 saturated carbocycles. The van der Waals surface area contributed by atoms with Gasteiger partial charge in [0.2, 0.25) is 0 Å². The molecule has 0 bridgehead atoms. The van der Waals surface area contributed by atoms with Crippen molar-refractivity contribution in [3.8, 4) is 0 Å². The van der Waals surface area contributed by atoms with E-state index in [1.165, 1.54) is 18.6 Å². The molecule has 7 heteroatoms. The van der Waals surface area contributed by atoms with Gasteiger partial charge < -0.3 is 20.1 Å². The Kier molecular flexibility index (Phi) is 12.9. The number of ether oxygens (including phenoxy) is 2. The van der Waals surface area contributed by atoms with Crippen LogP contribution in [0, 0.1) is 0 Å². The molecule has 1 unspecified atom stereocenters. The van der Waals surface area contributed by atoms with Crippen LogP contribution in [0.1, 0.15) is 26.2 Å². The third-order valence-electron chi connectivity index (χ3n) is 3.34. The smallest absolute Gasteiger partial charge is 0.191 e. The van der Waals surface area contributed by atoms with E-state index in [1.807, 2.05) is 7.05 Å². The van der Waals surface area contributed by atoms with E-state index in [-0.39, 0.29) is 24.0 Å². The van der Waals surface area contributed by atoms with E-state index >= 15 is 0 Å². The van der Waals surface area contributed by atoms with Gasteiger partial charge in [0.1, 0.15) is 0 Å². The fourth-order valence-corrected chi connectivity index (χ4v) is 3.34. The Labute approximate surface area is 150 Å². The molecule has 0 radical (unpaired) electrons. The molecule has 0 aliphatic carbocycles. The molecule has 0 aromatic rings. The van der Waals surface area contributed by atoms with Crippen LogP contribution in [-0.2, 0) is 9.47 Å². The van der Waals surface area contributed by atoms with Gasteiger partial charge in [0.05, 0.1) is 13.2 Å². The largest absolute Gasteiger partial charge is 0.382 e. The van der Waals surface area contributed by atoms with Gasteiger partial charge in [-0.25, -0.2) is 0 Å². The van der Waals surface area contributed by atoms with Crippen molar-refractivity contribution in [3.05, 3.63) is 0 Å². The average molecular weight is 431 g/mol. The van der Waals surface area contributed by atoms with Gasteiger partial charge in [-0.2, -0.15) is 11.8 Å². The molecule has 1 aliphatic heterocycles. The van der Waals surface area contributed by atoms with Crippen molar-refractivity contribution in [3.63, 3.8) is 0 Å². The van der Waals surface area contributed by atoms with Gasteiger partial charge in [0, 0.05) is 38.6 Å². The van der Waals surface area contributed by atoms with Gasteiger partial charge >= 0.3 is 0 Å². The summed E-state index contributed by atoms with van der Waals surface area (Å²) in [7, 11) is 3.50. The summed E-state index contributed by atoms with van der Waals surface area (Å²) in [5.74, 6) is 2.17. The van der Waals surface area contributed by atoms with Crippen molar-refractivity contribution < 1.29 is 9.47 Å². The molecule has 2 N–H and O–H groups in total. The second-order valence-corrected chi connectivity index (χ2v) is 6.90. The lowest BCUT2D eigenvalue weighted by Gasteiger charge is -2.24. The van der Waals surface area contributed by atoms with E-state index in [2.05, 4.69) is 34.3 Å². The van der Waals surface area contributed by atoms with Gasteiger partial charge in [-0.15, -0.1) is 24.0 Å². The molecule has 0 spiro atoms. The number of methoxy groups -OCH3 is 1. The number of aliphatic imine (C=N–C) groups is 1. The van der Waals surface area contributed by atoms with Gasteiger partial charge in [-0.1, -0.05) is 0 Å². The molecule has 5 nitrogen and oxygen atoms in total. The second kappa shape index (κ2) is 12.8. The van der Waals surface area contributed by atoms with Crippen LogP contribution in [0.3, 0.4) is 0 Å². The minimum absolute atomic E-state index is 0. The van der Waals surface area contributed by atoms with Crippen molar-refractivity contribution >= 4 is 41.7 Å². The van der Waals surface area contributed by atoms with Crippen LogP contribution in [-0.4, -0.2) is 63.5 Å². The van der Waals surface area contributed by atoms with Crippen molar-refractivity contribution in [2.75, 3.05) is 52.8 Å². The molecule has 0 amide bonds. The molecule has 126 valence electrons. The zero-order valence-electron chi connectivity index (χ0n) is 13.4. The SMILES string of the molecule is CN=C(NCCCOCCOC)NCC1(C)CCCS1.I. The van der Waals surface area contributed by atoms with Crippen LogP contribution in [0.4, 0.5) is 0 Å². The van der Waals surface area contributed by atoms with E-state index < -0.39 is 0 Å². The van der Waals surface area contributed by atoms with Gasteiger partial charge in [0.15, 0.2) is 5.96 Å². The maximum Gasteiger partial charge on any atom is 0.191 e. The summed E-state index contributed by atoms with van der Waals surface area (Å²) < 4.78 is 10.7. The van der Waals surface area contributed by atoms with Crippen LogP contribution in [0.5, 0.6) is 0 Å². The highest BCUT2D eigenvalue weighted by molar-refractivity contribution is 14.0. The normalized spacial score (nSPS) is 22.0. The van der Waals surface area contributed by atoms with Crippen molar-refractivity contribution in [2.24, 2.45) is 4.99 Å². The molecule has 0 aromatic carbocycles. The quantitative estimate of drug-likeness (QED) is 0.254. The number of thioether (sulfide) groups is 1. The van der Waals surface area contributed by atoms with Crippen LogP contribution >= 0.6 is 35.7 Å². The number of hydrogen-bond acceptors (Lipinski definition) is 4. The Balaban J connectivity index is 0.00000400. The highest BCUT2D eigenvalue weighted by Gasteiger charge is 2.29. The summed E-state index contributed by atoms with van der Waals surface area (Å²) >= 11 is 2.06. The number of nitrogens with zero attached hydrogens (tertiary/aromatic N) is 1. The molecule has 1 aliphatic rings. The molecular weight excluding hydrogens is 401 g/mol. The van der Waals surface area contributed by atoms with E-state index in [4.69, 9.17) is 9.47 Å². The summed E-state index contributed by atoms with van der Waals surface area (Å²) in [5.41, 5.74) is 0. The lowest BCUT2D eigenvalue weighted by Crippen LogP contribution is -2.44. The third-order valence-corrected chi connectivity index (χ3v) is 4.88. The zero-order chi connectivity index (χ0) is 14.7. The Morgan fingerprint density at radius 3 is 2.71 bits per heavy atom. The summed E-state index contributed by atoms with van der Waals surface area (Å²) in [6.07, 6.45) is 3.58. The topological polar surface area (TPSA) is 54.9 Å². The zero-order valence-corrected chi connectivity index (χ0v) is 16.6. The van der Waals surface area contributed by atoms with Crippen LogP contribution < -0.4 is 10.6 Å². The van der Waals surface area contributed by atoms with E-state index in [1.54, 1.807) is 7.11 Å². The number of rotatable bonds is 9. The highest BCUT2D eigenvalue weighted by atomic mass is 127. The number of guanidine groups is 1. The van der Waals surface area contributed by atoms with Gasteiger partial charge in [-0.3, -0.25) is 4.99 Å². The first-order valence-electron chi connectivity index (χ1n) is 7.35. The lowest BCUT2D eigenvalue weighted by atomic mass is 10.1. The molecule has 1 saturated heterocycles. The summed E-state index contributed by atoms with van der Waals surface area (Å²) in [6.45, 7) is 6.25. The molecule has 1 heterocycles. The van der Waals surface area contributed by atoms with Crippen LogP contribution in [0.25, 0.3) is 0 Å². The fourth-order valence-electron chi connectivity index (χ4n) is 2.09. The standard InChI is InChI=1S/C14H29N3O2S.HI/c1-14(6-4-11-20-14)12-17-13(15-2)16-7-5-8-19-10-9-18-3;/h4-12H2,1-3H3,(H2,15,16,17);1H.